The van der Waals surface area contributed by atoms with Crippen LogP contribution in [0.5, 0.6) is 5.75 Å². The van der Waals surface area contributed by atoms with Gasteiger partial charge in [0.25, 0.3) is 0 Å². The number of halogens is 1. The highest BCUT2D eigenvalue weighted by Crippen LogP contribution is 2.32. The van der Waals surface area contributed by atoms with E-state index in [1.54, 1.807) is 11.0 Å². The molecule has 13 heteroatoms. The Bertz CT molecular complexity index is 1430. The molecule has 10 nitrogen and oxygen atoms in total. The first-order valence-electron chi connectivity index (χ1n) is 12.2. The number of rotatable bonds is 7. The first-order chi connectivity index (χ1) is 18.4. The van der Waals surface area contributed by atoms with Crippen LogP contribution in [0.25, 0.3) is 11.0 Å². The molecule has 3 aromatic rings. The molecule has 0 aliphatic carbocycles. The van der Waals surface area contributed by atoms with Gasteiger partial charge in [0, 0.05) is 44.3 Å². The third kappa shape index (κ3) is 5.69. The smallest absolute Gasteiger partial charge is 0.246 e. The second-order valence-corrected chi connectivity index (χ2v) is 12.1. The highest BCUT2D eigenvalue weighted by molar-refractivity contribution is 8.00. The van der Waals surface area contributed by atoms with Crippen LogP contribution in [0.15, 0.2) is 52.4 Å². The molecule has 0 saturated carbocycles. The van der Waals surface area contributed by atoms with Gasteiger partial charge in [0.15, 0.2) is 5.82 Å². The van der Waals surface area contributed by atoms with Crippen molar-refractivity contribution in [3.05, 3.63) is 47.5 Å². The van der Waals surface area contributed by atoms with E-state index in [1.807, 2.05) is 24.3 Å². The van der Waals surface area contributed by atoms with E-state index in [9.17, 15) is 13.2 Å². The zero-order valence-electron chi connectivity index (χ0n) is 20.9. The minimum absolute atomic E-state index is 0.0216. The van der Waals surface area contributed by atoms with Gasteiger partial charge in [-0.1, -0.05) is 35.5 Å². The number of para-hydroxylation sites is 2. The number of anilines is 1. The van der Waals surface area contributed by atoms with Gasteiger partial charge in [-0.2, -0.15) is 4.31 Å². The lowest BCUT2D eigenvalue weighted by molar-refractivity contribution is -0.129. The lowest BCUT2D eigenvalue weighted by Crippen LogP contribution is -2.51. The number of carbonyl (C=O) groups is 1. The van der Waals surface area contributed by atoms with Crippen molar-refractivity contribution >= 4 is 56.1 Å². The molecule has 3 heterocycles. The van der Waals surface area contributed by atoms with E-state index in [4.69, 9.17) is 31.0 Å². The maximum absolute atomic E-state index is 13.3. The molecule has 202 valence electrons. The van der Waals surface area contributed by atoms with Crippen molar-refractivity contribution in [3.63, 3.8) is 0 Å². The van der Waals surface area contributed by atoms with Gasteiger partial charge in [0.2, 0.25) is 15.9 Å². The van der Waals surface area contributed by atoms with Crippen LogP contribution >= 0.6 is 23.4 Å². The summed E-state index contributed by atoms with van der Waals surface area (Å²) in [5.74, 6) is 1.10. The summed E-state index contributed by atoms with van der Waals surface area (Å²) in [6, 6.07) is 12.2. The van der Waals surface area contributed by atoms with E-state index >= 15 is 0 Å². The lowest BCUT2D eigenvalue weighted by Gasteiger charge is -2.34. The van der Waals surface area contributed by atoms with Crippen LogP contribution in [-0.2, 0) is 19.6 Å². The predicted octanol–water partition coefficient (Wildman–Crippen LogP) is 2.75. The van der Waals surface area contributed by atoms with Crippen LogP contribution in [0.4, 0.5) is 5.82 Å². The van der Waals surface area contributed by atoms with Gasteiger partial charge in [-0.05, 0) is 30.3 Å². The van der Waals surface area contributed by atoms with E-state index < -0.39 is 10.0 Å². The van der Waals surface area contributed by atoms with Crippen molar-refractivity contribution < 1.29 is 22.7 Å². The van der Waals surface area contributed by atoms with Gasteiger partial charge in [0.05, 0.1) is 37.1 Å². The first-order valence-corrected chi connectivity index (χ1v) is 15.0. The fraction of sp³-hybridized carbons (Fsp3) is 0.400. The summed E-state index contributed by atoms with van der Waals surface area (Å²) < 4.78 is 38.6. The molecular formula is C25H28ClN5O5S2. The molecule has 2 aliphatic rings. The molecule has 2 aromatic carbocycles. The number of amides is 1. The summed E-state index contributed by atoms with van der Waals surface area (Å²) in [7, 11) is -2.41. The van der Waals surface area contributed by atoms with Crippen molar-refractivity contribution in [1.29, 1.82) is 0 Å². The molecular weight excluding hydrogens is 550 g/mol. The second-order valence-electron chi connectivity index (χ2n) is 8.81. The van der Waals surface area contributed by atoms with E-state index in [-0.39, 0.29) is 35.4 Å². The zero-order chi connectivity index (χ0) is 26.7. The fourth-order valence-electron chi connectivity index (χ4n) is 4.44. The van der Waals surface area contributed by atoms with Gasteiger partial charge in [-0.15, -0.1) is 0 Å². The van der Waals surface area contributed by atoms with Crippen LogP contribution in [0.3, 0.4) is 0 Å². The van der Waals surface area contributed by atoms with E-state index in [2.05, 4.69) is 4.90 Å². The highest BCUT2D eigenvalue weighted by Gasteiger charge is 2.32. The van der Waals surface area contributed by atoms with E-state index in [1.165, 1.54) is 35.3 Å². The second kappa shape index (κ2) is 11.6. The van der Waals surface area contributed by atoms with Gasteiger partial charge in [-0.25, -0.2) is 18.4 Å². The van der Waals surface area contributed by atoms with Crippen molar-refractivity contribution in [1.82, 2.24) is 19.2 Å². The van der Waals surface area contributed by atoms with E-state index in [0.29, 0.717) is 49.4 Å². The number of nitrogens with zero attached hydrogens (tertiary/aromatic N) is 5. The summed E-state index contributed by atoms with van der Waals surface area (Å²) in [4.78, 5) is 26.6. The number of benzene rings is 2. The number of methoxy groups -OCH3 is 1. The maximum Gasteiger partial charge on any atom is 0.246 e. The number of thioether (sulfide) groups is 1. The van der Waals surface area contributed by atoms with Crippen molar-refractivity contribution in [2.24, 2.45) is 0 Å². The Morgan fingerprint density at radius 2 is 1.71 bits per heavy atom. The van der Waals surface area contributed by atoms with Crippen molar-refractivity contribution in [2.45, 2.75) is 9.92 Å². The molecule has 2 aliphatic heterocycles. The number of hydrogen-bond acceptors (Lipinski definition) is 9. The monoisotopic (exact) mass is 577 g/mol. The van der Waals surface area contributed by atoms with Gasteiger partial charge < -0.3 is 19.3 Å². The molecule has 0 radical (unpaired) electrons. The Kier molecular flexibility index (Phi) is 8.24. The zero-order valence-corrected chi connectivity index (χ0v) is 23.3. The number of aromatic nitrogens is 2. The van der Waals surface area contributed by atoms with Gasteiger partial charge in [-0.3, -0.25) is 4.79 Å². The Morgan fingerprint density at radius 1 is 1.03 bits per heavy atom. The molecule has 0 atom stereocenters. The lowest BCUT2D eigenvalue weighted by atomic mass is 10.3. The molecule has 2 saturated heterocycles. The molecule has 38 heavy (non-hydrogen) atoms. The van der Waals surface area contributed by atoms with Crippen LogP contribution in [0, 0.1) is 0 Å². The van der Waals surface area contributed by atoms with Crippen LogP contribution < -0.4 is 9.64 Å². The predicted molar refractivity (Wildman–Crippen MR) is 147 cm³/mol. The molecule has 1 aromatic heterocycles. The number of morpholine rings is 1. The molecule has 2 fully saturated rings. The van der Waals surface area contributed by atoms with Crippen LogP contribution in [-0.4, -0.2) is 98.8 Å². The van der Waals surface area contributed by atoms with Crippen LogP contribution in [0.2, 0.25) is 5.02 Å². The topological polar surface area (TPSA) is 105 Å². The molecule has 0 bridgehead atoms. The molecule has 5 rings (SSSR count). The third-order valence-electron chi connectivity index (χ3n) is 6.50. The Balaban J connectivity index is 1.25. The minimum Gasteiger partial charge on any atom is -0.495 e. The summed E-state index contributed by atoms with van der Waals surface area (Å²) in [5.41, 5.74) is 1.58. The van der Waals surface area contributed by atoms with Crippen molar-refractivity contribution in [3.8, 4) is 5.75 Å². The normalized spacial score (nSPS) is 17.1. The van der Waals surface area contributed by atoms with Crippen LogP contribution in [0.1, 0.15) is 0 Å². The molecule has 1 amide bonds. The summed E-state index contributed by atoms with van der Waals surface area (Å²) in [6.45, 7) is 3.61. The Hall–Kier alpha value is -2.64. The molecule has 0 unspecified atom stereocenters. The summed E-state index contributed by atoms with van der Waals surface area (Å²) in [5, 5.41) is 1.01. The number of piperazine rings is 1. The Labute approximate surface area is 230 Å². The van der Waals surface area contributed by atoms with E-state index in [0.717, 1.165) is 16.9 Å². The minimum atomic E-state index is -3.82. The van der Waals surface area contributed by atoms with Gasteiger partial charge >= 0.3 is 0 Å². The number of carbonyl (C=O) groups excluding carboxylic acids is 1. The summed E-state index contributed by atoms with van der Waals surface area (Å²) >= 11 is 7.41. The molecule has 0 spiro atoms. The first kappa shape index (κ1) is 26.9. The largest absolute Gasteiger partial charge is 0.495 e. The third-order valence-corrected chi connectivity index (χ3v) is 9.59. The number of sulfonamides is 1. The number of ether oxygens (including phenoxy) is 2. The summed E-state index contributed by atoms with van der Waals surface area (Å²) in [6.07, 6.45) is 0. The quantitative estimate of drug-likeness (QED) is 0.392. The molecule has 0 N–H and O–H groups in total. The standard InChI is InChI=1S/C25H28ClN5O5S2/c1-35-21-7-6-18(26)16-22(21)38(33,34)31-10-8-29(9-11-31)23(32)17-37-25-24(30-12-14-36-15-13-30)27-19-4-2-3-5-20(19)28-25/h2-7,16H,8-15,17H2,1H3. The number of fused-ring (bicyclic) bond motifs is 1. The highest BCUT2D eigenvalue weighted by atomic mass is 35.5. The SMILES string of the molecule is COc1ccc(Cl)cc1S(=O)(=O)N1CCN(C(=O)CSc2nc3ccccc3nc2N2CCOCC2)CC1. The van der Waals surface area contributed by atoms with Gasteiger partial charge in [0.1, 0.15) is 15.7 Å². The average molecular weight is 578 g/mol. The fourth-order valence-corrected chi connectivity index (χ4v) is 7.19. The van der Waals surface area contributed by atoms with Crippen molar-refractivity contribution in [2.75, 3.05) is 70.2 Å². The Morgan fingerprint density at radius 3 is 2.39 bits per heavy atom. The average Bonchev–Trinajstić information content (AvgIpc) is 2.96. The number of hydrogen-bond donors (Lipinski definition) is 0. The maximum atomic E-state index is 13.3.